The SMILES string of the molecule is O=C(O)CCNC(=O)c1ccc(C(Nc2ccc3c(c2)CCC3)c2nc(-c3ccccc3F)cs2)cc1. The zero-order chi connectivity index (χ0) is 25.8. The van der Waals surface area contributed by atoms with Crippen LogP contribution in [0.15, 0.2) is 72.1 Å². The number of carbonyl (C=O) groups is 2. The van der Waals surface area contributed by atoms with Crippen molar-refractivity contribution in [2.75, 3.05) is 11.9 Å². The molecule has 0 spiro atoms. The van der Waals surface area contributed by atoms with Crippen molar-refractivity contribution in [2.45, 2.75) is 31.7 Å². The summed E-state index contributed by atoms with van der Waals surface area (Å²) < 4.78 is 14.4. The van der Waals surface area contributed by atoms with Crippen molar-refractivity contribution in [3.63, 3.8) is 0 Å². The number of benzene rings is 3. The number of halogens is 1. The summed E-state index contributed by atoms with van der Waals surface area (Å²) in [7, 11) is 0. The lowest BCUT2D eigenvalue weighted by Gasteiger charge is -2.19. The van der Waals surface area contributed by atoms with Gasteiger partial charge in [0, 0.05) is 28.7 Å². The zero-order valence-electron chi connectivity index (χ0n) is 20.0. The van der Waals surface area contributed by atoms with E-state index in [0.717, 1.165) is 35.5 Å². The highest BCUT2D eigenvalue weighted by Gasteiger charge is 2.21. The fourth-order valence-corrected chi connectivity index (χ4v) is 5.43. The first-order chi connectivity index (χ1) is 18.0. The molecule has 6 nitrogen and oxygen atoms in total. The van der Waals surface area contributed by atoms with Gasteiger partial charge in [-0.05, 0) is 72.4 Å². The second kappa shape index (κ2) is 10.9. The number of nitrogens with zero attached hydrogens (tertiary/aromatic N) is 1. The molecule has 188 valence electrons. The first-order valence-corrected chi connectivity index (χ1v) is 13.0. The van der Waals surface area contributed by atoms with Crippen molar-refractivity contribution in [1.29, 1.82) is 0 Å². The molecule has 0 saturated heterocycles. The molecule has 0 bridgehead atoms. The van der Waals surface area contributed by atoms with Crippen LogP contribution in [0.25, 0.3) is 11.3 Å². The summed E-state index contributed by atoms with van der Waals surface area (Å²) >= 11 is 1.45. The van der Waals surface area contributed by atoms with Gasteiger partial charge in [0.15, 0.2) is 0 Å². The minimum atomic E-state index is -0.964. The van der Waals surface area contributed by atoms with Crippen LogP contribution in [-0.4, -0.2) is 28.5 Å². The summed E-state index contributed by atoms with van der Waals surface area (Å²) in [5, 5.41) is 17.6. The number of carbonyl (C=O) groups excluding carboxylic acids is 1. The number of thiazole rings is 1. The van der Waals surface area contributed by atoms with E-state index in [1.54, 1.807) is 30.3 Å². The maximum Gasteiger partial charge on any atom is 0.305 e. The Morgan fingerprint density at radius 3 is 2.59 bits per heavy atom. The second-order valence-electron chi connectivity index (χ2n) is 8.99. The first kappa shape index (κ1) is 24.6. The van der Waals surface area contributed by atoms with E-state index < -0.39 is 5.97 Å². The molecule has 1 aliphatic rings. The van der Waals surface area contributed by atoms with Gasteiger partial charge in [0.1, 0.15) is 16.9 Å². The molecule has 4 aromatic rings. The quantitative estimate of drug-likeness (QED) is 0.260. The Labute approximate surface area is 218 Å². The molecule has 0 radical (unpaired) electrons. The van der Waals surface area contributed by atoms with Crippen molar-refractivity contribution in [3.8, 4) is 11.3 Å². The second-order valence-corrected chi connectivity index (χ2v) is 9.88. The molecule has 1 aliphatic carbocycles. The van der Waals surface area contributed by atoms with Crippen molar-refractivity contribution in [1.82, 2.24) is 10.3 Å². The summed E-state index contributed by atoms with van der Waals surface area (Å²) in [6.45, 7) is 0.0658. The van der Waals surface area contributed by atoms with Crippen molar-refractivity contribution in [2.24, 2.45) is 0 Å². The van der Waals surface area contributed by atoms with Crippen LogP contribution < -0.4 is 10.6 Å². The number of hydrogen-bond acceptors (Lipinski definition) is 5. The van der Waals surface area contributed by atoms with Gasteiger partial charge in [0.25, 0.3) is 5.91 Å². The molecule has 1 heterocycles. The third kappa shape index (κ3) is 5.70. The van der Waals surface area contributed by atoms with Crippen LogP contribution >= 0.6 is 11.3 Å². The lowest BCUT2D eigenvalue weighted by Crippen LogP contribution is -2.26. The van der Waals surface area contributed by atoms with Crippen LogP contribution in [-0.2, 0) is 17.6 Å². The van der Waals surface area contributed by atoms with Gasteiger partial charge < -0.3 is 15.7 Å². The van der Waals surface area contributed by atoms with Crippen LogP contribution in [0.2, 0.25) is 0 Å². The molecular weight excluding hydrogens is 489 g/mol. The largest absolute Gasteiger partial charge is 0.481 e. The van der Waals surface area contributed by atoms with Gasteiger partial charge in [-0.15, -0.1) is 11.3 Å². The molecule has 37 heavy (non-hydrogen) atoms. The Kier molecular flexibility index (Phi) is 7.28. The fourth-order valence-electron chi connectivity index (χ4n) is 4.54. The normalized spacial score (nSPS) is 13.1. The molecule has 1 aromatic heterocycles. The van der Waals surface area contributed by atoms with Gasteiger partial charge in [-0.1, -0.05) is 30.3 Å². The summed E-state index contributed by atoms with van der Waals surface area (Å²) in [6.07, 6.45) is 3.20. The lowest BCUT2D eigenvalue weighted by molar-refractivity contribution is -0.136. The molecule has 0 aliphatic heterocycles. The maximum absolute atomic E-state index is 14.4. The predicted octanol–water partition coefficient (Wildman–Crippen LogP) is 5.84. The summed E-state index contributed by atoms with van der Waals surface area (Å²) in [5.74, 6) is -1.61. The van der Waals surface area contributed by atoms with E-state index >= 15 is 0 Å². The Morgan fingerprint density at radius 2 is 1.81 bits per heavy atom. The van der Waals surface area contributed by atoms with Gasteiger partial charge in [-0.2, -0.15) is 0 Å². The van der Waals surface area contributed by atoms with Gasteiger partial charge in [-0.3, -0.25) is 9.59 Å². The van der Waals surface area contributed by atoms with E-state index in [1.807, 2.05) is 17.5 Å². The molecule has 1 unspecified atom stereocenters. The van der Waals surface area contributed by atoms with Crippen molar-refractivity contribution < 1.29 is 19.1 Å². The van der Waals surface area contributed by atoms with Crippen molar-refractivity contribution >= 4 is 28.9 Å². The first-order valence-electron chi connectivity index (χ1n) is 12.2. The number of fused-ring (bicyclic) bond motifs is 1. The number of aromatic nitrogens is 1. The van der Waals surface area contributed by atoms with E-state index in [0.29, 0.717) is 16.8 Å². The number of carboxylic acid groups (broad SMARTS) is 1. The molecule has 1 amide bonds. The molecule has 3 N–H and O–H groups in total. The number of carboxylic acids is 1. The minimum Gasteiger partial charge on any atom is -0.481 e. The number of anilines is 1. The smallest absolute Gasteiger partial charge is 0.305 e. The Hall–Kier alpha value is -4.04. The summed E-state index contributed by atoms with van der Waals surface area (Å²) in [5.41, 5.74) is 6.08. The van der Waals surface area contributed by atoms with Crippen LogP contribution in [0.4, 0.5) is 10.1 Å². The fraction of sp³-hybridized carbons (Fsp3) is 0.207. The number of amides is 1. The van der Waals surface area contributed by atoms with Crippen LogP contribution in [0, 0.1) is 5.82 Å². The number of nitrogens with one attached hydrogen (secondary N) is 2. The van der Waals surface area contributed by atoms with Gasteiger partial charge in [0.2, 0.25) is 0 Å². The summed E-state index contributed by atoms with van der Waals surface area (Å²) in [6, 6.07) is 19.9. The zero-order valence-corrected chi connectivity index (χ0v) is 20.9. The maximum atomic E-state index is 14.4. The van der Waals surface area contributed by atoms with Gasteiger partial charge >= 0.3 is 5.97 Å². The monoisotopic (exact) mass is 515 g/mol. The van der Waals surface area contributed by atoms with E-state index in [9.17, 15) is 14.0 Å². The molecule has 1 atom stereocenters. The molecule has 5 rings (SSSR count). The average Bonchev–Trinajstić information content (AvgIpc) is 3.57. The summed E-state index contributed by atoms with van der Waals surface area (Å²) in [4.78, 5) is 27.9. The van der Waals surface area contributed by atoms with Gasteiger partial charge in [-0.25, -0.2) is 9.37 Å². The standard InChI is InChI=1S/C29H26FN3O3S/c30-24-7-2-1-6-23(24)25-17-37-29(33-25)27(32-22-13-12-18-4-3-5-21(18)16-22)19-8-10-20(11-9-19)28(36)31-15-14-26(34)35/h1-2,6-13,16-17,27,32H,3-5,14-15H2,(H,31,36)(H,34,35). The van der Waals surface area contributed by atoms with E-state index in [4.69, 9.17) is 10.1 Å². The average molecular weight is 516 g/mol. The molecule has 3 aromatic carbocycles. The molecule has 8 heteroatoms. The molecule has 0 saturated carbocycles. The number of aryl methyl sites for hydroxylation is 2. The van der Waals surface area contributed by atoms with E-state index in [2.05, 4.69) is 28.8 Å². The Bertz CT molecular complexity index is 1430. The lowest BCUT2D eigenvalue weighted by atomic mass is 10.0. The highest BCUT2D eigenvalue weighted by atomic mass is 32.1. The molecular formula is C29H26FN3O3S. The van der Waals surface area contributed by atoms with Crippen LogP contribution in [0.3, 0.4) is 0 Å². The highest BCUT2D eigenvalue weighted by molar-refractivity contribution is 7.10. The molecule has 0 fully saturated rings. The topological polar surface area (TPSA) is 91.3 Å². The van der Waals surface area contributed by atoms with Crippen molar-refractivity contribution in [3.05, 3.63) is 105 Å². The van der Waals surface area contributed by atoms with Crippen LogP contribution in [0.5, 0.6) is 0 Å². The number of aliphatic carboxylic acids is 1. The van der Waals surface area contributed by atoms with Gasteiger partial charge in [0.05, 0.1) is 12.1 Å². The number of rotatable bonds is 9. The third-order valence-electron chi connectivity index (χ3n) is 6.46. The minimum absolute atomic E-state index is 0.0658. The highest BCUT2D eigenvalue weighted by Crippen LogP contribution is 2.34. The predicted molar refractivity (Wildman–Crippen MR) is 142 cm³/mol. The Morgan fingerprint density at radius 1 is 1.03 bits per heavy atom. The van der Waals surface area contributed by atoms with E-state index in [-0.39, 0.29) is 30.7 Å². The van der Waals surface area contributed by atoms with E-state index in [1.165, 1.54) is 28.5 Å². The van der Waals surface area contributed by atoms with Crippen LogP contribution in [0.1, 0.15) is 50.9 Å². The number of hydrogen-bond donors (Lipinski definition) is 3. The Balaban J connectivity index is 1.43. The third-order valence-corrected chi connectivity index (χ3v) is 7.37.